The van der Waals surface area contributed by atoms with E-state index in [0.717, 1.165) is 5.33 Å². The van der Waals surface area contributed by atoms with Gasteiger partial charge in [0.15, 0.2) is 11.5 Å². The summed E-state index contributed by atoms with van der Waals surface area (Å²) in [4.78, 5) is 11.1. The summed E-state index contributed by atoms with van der Waals surface area (Å²) in [7, 11) is 0. The average molecular weight is 313 g/mol. The Morgan fingerprint density at radius 1 is 1.44 bits per heavy atom. The number of aromatic hydroxyl groups is 1. The Labute approximate surface area is 112 Å². The zero-order valence-corrected chi connectivity index (χ0v) is 11.4. The van der Waals surface area contributed by atoms with Gasteiger partial charge in [-0.05, 0) is 18.1 Å². The molecule has 1 unspecified atom stereocenters. The normalized spacial score (nSPS) is 12.6. The van der Waals surface area contributed by atoms with Crippen molar-refractivity contribution in [3.05, 3.63) is 34.7 Å². The maximum atomic E-state index is 11.1. The lowest BCUT2D eigenvalue weighted by molar-refractivity contribution is 0.262. The van der Waals surface area contributed by atoms with E-state index < -0.39 is 5.63 Å². The van der Waals surface area contributed by atoms with Crippen molar-refractivity contribution in [1.82, 2.24) is 0 Å². The van der Waals surface area contributed by atoms with E-state index in [1.807, 2.05) is 6.92 Å². The monoisotopic (exact) mass is 312 g/mol. The molecule has 0 amide bonds. The molecule has 0 aliphatic heterocycles. The zero-order valence-electron chi connectivity index (χ0n) is 9.85. The second-order valence-electron chi connectivity index (χ2n) is 4.18. The molecule has 1 aromatic heterocycles. The molecule has 2 rings (SSSR count). The lowest BCUT2D eigenvalue weighted by atomic mass is 10.2. The molecule has 1 heterocycles. The molecule has 5 heteroatoms. The van der Waals surface area contributed by atoms with Crippen molar-refractivity contribution in [2.24, 2.45) is 5.92 Å². The van der Waals surface area contributed by atoms with Gasteiger partial charge in [-0.15, -0.1) is 0 Å². The number of halogens is 1. The fourth-order valence-electron chi connectivity index (χ4n) is 1.48. The summed E-state index contributed by atoms with van der Waals surface area (Å²) >= 11 is 3.35. The Kier molecular flexibility index (Phi) is 3.91. The Morgan fingerprint density at radius 3 is 2.94 bits per heavy atom. The number of fused-ring (bicyclic) bond motifs is 1. The van der Waals surface area contributed by atoms with Crippen LogP contribution in [0.4, 0.5) is 0 Å². The first-order valence-electron chi connectivity index (χ1n) is 5.56. The van der Waals surface area contributed by atoms with E-state index in [1.54, 1.807) is 6.07 Å². The number of hydrogen-bond acceptors (Lipinski definition) is 4. The number of ether oxygens (including phenoxy) is 1. The predicted molar refractivity (Wildman–Crippen MR) is 72.6 cm³/mol. The van der Waals surface area contributed by atoms with Gasteiger partial charge in [-0.2, -0.15) is 0 Å². The van der Waals surface area contributed by atoms with Crippen LogP contribution in [0.1, 0.15) is 6.92 Å². The van der Waals surface area contributed by atoms with Crippen LogP contribution < -0.4 is 10.4 Å². The SMILES string of the molecule is CC(CBr)COc1cc2oc(=O)ccc2cc1O. The Morgan fingerprint density at radius 2 is 2.22 bits per heavy atom. The summed E-state index contributed by atoms with van der Waals surface area (Å²) in [6, 6.07) is 5.97. The van der Waals surface area contributed by atoms with Gasteiger partial charge in [-0.1, -0.05) is 22.9 Å². The number of hydrogen-bond donors (Lipinski definition) is 1. The topological polar surface area (TPSA) is 59.7 Å². The van der Waals surface area contributed by atoms with Gasteiger partial charge in [0.2, 0.25) is 0 Å². The van der Waals surface area contributed by atoms with Crippen molar-refractivity contribution in [2.75, 3.05) is 11.9 Å². The highest BCUT2D eigenvalue weighted by Crippen LogP contribution is 2.31. The van der Waals surface area contributed by atoms with E-state index >= 15 is 0 Å². The summed E-state index contributed by atoms with van der Waals surface area (Å²) in [5.41, 5.74) is -0.0187. The molecule has 0 saturated heterocycles. The number of phenols is 1. The Hall–Kier alpha value is -1.49. The quantitative estimate of drug-likeness (QED) is 0.696. The Balaban J connectivity index is 2.33. The van der Waals surface area contributed by atoms with Crippen LogP contribution in [0.15, 0.2) is 33.5 Å². The summed E-state index contributed by atoms with van der Waals surface area (Å²) in [6.07, 6.45) is 0. The highest BCUT2D eigenvalue weighted by atomic mass is 79.9. The molecule has 0 aliphatic rings. The van der Waals surface area contributed by atoms with Crippen molar-refractivity contribution >= 4 is 26.9 Å². The van der Waals surface area contributed by atoms with Crippen molar-refractivity contribution in [3.63, 3.8) is 0 Å². The lowest BCUT2D eigenvalue weighted by Gasteiger charge is -2.11. The third-order valence-corrected chi connectivity index (χ3v) is 3.59. The molecule has 0 radical (unpaired) electrons. The average Bonchev–Trinajstić information content (AvgIpc) is 2.36. The molecule has 0 aliphatic carbocycles. The molecule has 1 aromatic carbocycles. The van der Waals surface area contributed by atoms with Crippen LogP contribution in [0.5, 0.6) is 11.5 Å². The fourth-order valence-corrected chi connectivity index (χ4v) is 1.66. The summed E-state index contributed by atoms with van der Waals surface area (Å²) in [5.74, 6) is 0.686. The highest BCUT2D eigenvalue weighted by molar-refractivity contribution is 9.09. The van der Waals surface area contributed by atoms with Crippen LogP contribution >= 0.6 is 15.9 Å². The fraction of sp³-hybridized carbons (Fsp3) is 0.308. The van der Waals surface area contributed by atoms with Crippen molar-refractivity contribution < 1.29 is 14.3 Å². The molecule has 4 nitrogen and oxygen atoms in total. The van der Waals surface area contributed by atoms with Crippen molar-refractivity contribution in [3.8, 4) is 11.5 Å². The number of alkyl halides is 1. The van der Waals surface area contributed by atoms with Gasteiger partial charge < -0.3 is 14.3 Å². The summed E-state index contributed by atoms with van der Waals surface area (Å²) in [6.45, 7) is 2.49. The van der Waals surface area contributed by atoms with E-state index in [0.29, 0.717) is 29.2 Å². The van der Waals surface area contributed by atoms with Gasteiger partial charge in [-0.25, -0.2) is 4.79 Å². The molecule has 96 valence electrons. The minimum atomic E-state index is -0.423. The van der Waals surface area contributed by atoms with Crippen LogP contribution in [0.2, 0.25) is 0 Å². The summed E-state index contributed by atoms with van der Waals surface area (Å²) < 4.78 is 10.5. The second kappa shape index (κ2) is 5.44. The molecule has 2 aromatic rings. The number of phenolic OH excluding ortho intramolecular Hbond substituents is 1. The molecule has 0 fully saturated rings. The maximum absolute atomic E-state index is 11.1. The first-order valence-corrected chi connectivity index (χ1v) is 6.68. The third kappa shape index (κ3) is 2.85. The smallest absolute Gasteiger partial charge is 0.336 e. The standard InChI is InChI=1S/C13H13BrO4/c1-8(6-14)7-17-12-5-11-9(4-10(12)15)2-3-13(16)18-11/h2-5,8,15H,6-7H2,1H3. The molecular formula is C13H13BrO4. The van der Waals surface area contributed by atoms with Crippen LogP contribution in [0.3, 0.4) is 0 Å². The largest absolute Gasteiger partial charge is 0.504 e. The maximum Gasteiger partial charge on any atom is 0.336 e. The lowest BCUT2D eigenvalue weighted by Crippen LogP contribution is -2.09. The molecule has 1 atom stereocenters. The van der Waals surface area contributed by atoms with Gasteiger partial charge in [0.1, 0.15) is 5.58 Å². The van der Waals surface area contributed by atoms with E-state index in [-0.39, 0.29) is 5.75 Å². The van der Waals surface area contributed by atoms with E-state index in [1.165, 1.54) is 18.2 Å². The van der Waals surface area contributed by atoms with Crippen LogP contribution in [0.25, 0.3) is 11.0 Å². The second-order valence-corrected chi connectivity index (χ2v) is 4.83. The molecule has 18 heavy (non-hydrogen) atoms. The molecule has 0 spiro atoms. The summed E-state index contributed by atoms with van der Waals surface area (Å²) in [5, 5.41) is 11.3. The highest BCUT2D eigenvalue weighted by Gasteiger charge is 2.09. The van der Waals surface area contributed by atoms with Gasteiger partial charge in [0.25, 0.3) is 0 Å². The van der Waals surface area contributed by atoms with Gasteiger partial charge in [-0.3, -0.25) is 0 Å². The van der Waals surface area contributed by atoms with E-state index in [9.17, 15) is 9.90 Å². The molecular weight excluding hydrogens is 300 g/mol. The van der Waals surface area contributed by atoms with Crippen molar-refractivity contribution in [1.29, 1.82) is 0 Å². The van der Waals surface area contributed by atoms with E-state index in [2.05, 4.69) is 15.9 Å². The van der Waals surface area contributed by atoms with Gasteiger partial charge in [0.05, 0.1) is 6.61 Å². The molecule has 0 saturated carbocycles. The first-order chi connectivity index (χ1) is 8.60. The molecule has 1 N–H and O–H groups in total. The van der Waals surface area contributed by atoms with Gasteiger partial charge >= 0.3 is 5.63 Å². The zero-order chi connectivity index (χ0) is 13.1. The Bertz CT molecular complexity index is 605. The van der Waals surface area contributed by atoms with Crippen LogP contribution in [0, 0.1) is 5.92 Å². The van der Waals surface area contributed by atoms with Crippen LogP contribution in [-0.4, -0.2) is 17.0 Å². The van der Waals surface area contributed by atoms with Crippen LogP contribution in [-0.2, 0) is 0 Å². The minimum absolute atomic E-state index is 0.0399. The number of benzene rings is 1. The number of rotatable bonds is 4. The minimum Gasteiger partial charge on any atom is -0.504 e. The van der Waals surface area contributed by atoms with E-state index in [4.69, 9.17) is 9.15 Å². The van der Waals surface area contributed by atoms with Gasteiger partial charge in [0, 0.05) is 22.8 Å². The third-order valence-electron chi connectivity index (χ3n) is 2.49. The first kappa shape index (κ1) is 13.0. The predicted octanol–water partition coefficient (Wildman–Crippen LogP) is 2.91. The molecule has 0 bridgehead atoms. The van der Waals surface area contributed by atoms with Crippen molar-refractivity contribution in [2.45, 2.75) is 6.92 Å².